The van der Waals surface area contributed by atoms with E-state index in [0.717, 1.165) is 0 Å². The van der Waals surface area contributed by atoms with Gasteiger partial charge >= 0.3 is 0 Å². The molecule has 1 rings (SSSR count). The number of aliphatic hydroxyl groups excluding tert-OH is 3. The maximum atomic E-state index is 9.28. The van der Waals surface area contributed by atoms with E-state index < -0.39 is 30.6 Å². The Bertz CT molecular complexity index is 152. The highest BCUT2D eigenvalue weighted by molar-refractivity contribution is 4.91. The van der Waals surface area contributed by atoms with E-state index in [-0.39, 0.29) is 6.54 Å². The van der Waals surface area contributed by atoms with E-state index in [9.17, 15) is 10.2 Å². The Morgan fingerprint density at radius 1 is 1.17 bits per heavy atom. The van der Waals surface area contributed by atoms with Gasteiger partial charge in [0.1, 0.15) is 18.3 Å². The van der Waals surface area contributed by atoms with Crippen LogP contribution < -0.4 is 11.5 Å². The Kier molecular flexibility index (Phi) is 2.99. The topological polar surface area (TPSA) is 122 Å². The third-order valence-electron chi connectivity index (χ3n) is 2.00. The molecule has 6 nitrogen and oxygen atoms in total. The van der Waals surface area contributed by atoms with Gasteiger partial charge in [0, 0.05) is 6.54 Å². The van der Waals surface area contributed by atoms with Crippen LogP contribution in [0.25, 0.3) is 0 Å². The molecule has 0 aliphatic carbocycles. The van der Waals surface area contributed by atoms with Crippen LogP contribution in [-0.4, -0.2) is 52.5 Å². The van der Waals surface area contributed by atoms with Gasteiger partial charge in [-0.05, 0) is 0 Å². The maximum absolute atomic E-state index is 9.28. The molecule has 0 aromatic heterocycles. The van der Waals surface area contributed by atoms with Crippen LogP contribution in [0.2, 0.25) is 0 Å². The predicted octanol–water partition coefficient (Wildman–Crippen LogP) is -3.29. The van der Waals surface area contributed by atoms with Crippen molar-refractivity contribution < 1.29 is 20.1 Å². The lowest BCUT2D eigenvalue weighted by atomic mass is 9.98. The zero-order valence-electron chi connectivity index (χ0n) is 6.50. The highest BCUT2D eigenvalue weighted by Gasteiger charge is 2.41. The molecule has 1 saturated heterocycles. The summed E-state index contributed by atoms with van der Waals surface area (Å²) in [5.41, 5.74) is 10.5. The first kappa shape index (κ1) is 9.85. The van der Waals surface area contributed by atoms with E-state index in [4.69, 9.17) is 21.3 Å². The zero-order valence-corrected chi connectivity index (χ0v) is 6.50. The number of nitrogens with two attached hydrogens (primary N) is 2. The Labute approximate surface area is 69.7 Å². The van der Waals surface area contributed by atoms with Crippen LogP contribution in [0.3, 0.4) is 0 Å². The molecule has 12 heavy (non-hydrogen) atoms. The van der Waals surface area contributed by atoms with E-state index in [0.29, 0.717) is 0 Å². The van der Waals surface area contributed by atoms with Crippen LogP contribution >= 0.6 is 0 Å². The van der Waals surface area contributed by atoms with Gasteiger partial charge in [-0.15, -0.1) is 0 Å². The smallest absolute Gasteiger partial charge is 0.172 e. The van der Waals surface area contributed by atoms with E-state index in [1.807, 2.05) is 0 Å². The third kappa shape index (κ3) is 1.58. The van der Waals surface area contributed by atoms with Crippen LogP contribution in [0, 0.1) is 0 Å². The van der Waals surface area contributed by atoms with E-state index >= 15 is 0 Å². The molecule has 5 atom stereocenters. The molecule has 1 aliphatic rings. The van der Waals surface area contributed by atoms with Crippen LogP contribution in [0.4, 0.5) is 0 Å². The van der Waals surface area contributed by atoms with Gasteiger partial charge in [0.15, 0.2) is 6.29 Å². The Hall–Kier alpha value is -0.240. The van der Waals surface area contributed by atoms with Gasteiger partial charge in [0.25, 0.3) is 0 Å². The van der Waals surface area contributed by atoms with Crippen molar-refractivity contribution in [2.75, 3.05) is 6.54 Å². The van der Waals surface area contributed by atoms with Crippen molar-refractivity contribution >= 4 is 0 Å². The van der Waals surface area contributed by atoms with Crippen molar-refractivity contribution in [2.24, 2.45) is 11.5 Å². The van der Waals surface area contributed by atoms with Crippen molar-refractivity contribution in [2.45, 2.75) is 30.6 Å². The van der Waals surface area contributed by atoms with Gasteiger partial charge in [0.2, 0.25) is 0 Å². The summed E-state index contributed by atoms with van der Waals surface area (Å²) in [6.07, 6.45) is -4.34. The summed E-state index contributed by atoms with van der Waals surface area (Å²) in [5, 5.41) is 27.6. The molecule has 0 saturated carbocycles. The average Bonchev–Trinajstić information content (AvgIpc) is 2.08. The normalized spacial score (nSPS) is 49.2. The monoisotopic (exact) mass is 178 g/mol. The Morgan fingerprint density at radius 3 is 2.25 bits per heavy atom. The maximum Gasteiger partial charge on any atom is 0.172 e. The van der Waals surface area contributed by atoms with Crippen LogP contribution in [0.5, 0.6) is 0 Å². The summed E-state index contributed by atoms with van der Waals surface area (Å²) in [5.74, 6) is 0. The summed E-state index contributed by atoms with van der Waals surface area (Å²) in [7, 11) is 0. The van der Waals surface area contributed by atoms with Crippen molar-refractivity contribution in [3.63, 3.8) is 0 Å². The molecule has 1 aliphatic heterocycles. The predicted molar refractivity (Wildman–Crippen MR) is 39.9 cm³/mol. The largest absolute Gasteiger partial charge is 0.388 e. The summed E-state index contributed by atoms with van der Waals surface area (Å²) in [6.45, 7) is 0.0298. The quantitative estimate of drug-likeness (QED) is 0.287. The molecule has 0 unspecified atom stereocenters. The van der Waals surface area contributed by atoms with Gasteiger partial charge in [-0.25, -0.2) is 0 Å². The molecule has 0 amide bonds. The van der Waals surface area contributed by atoms with Gasteiger partial charge in [-0.1, -0.05) is 0 Å². The molecule has 1 heterocycles. The second-order valence-corrected chi connectivity index (χ2v) is 2.86. The van der Waals surface area contributed by atoms with E-state index in [2.05, 4.69) is 0 Å². The number of rotatable bonds is 1. The first-order valence-corrected chi connectivity index (χ1v) is 3.73. The molecular formula is C6H14N2O4. The second kappa shape index (κ2) is 3.65. The number of aliphatic hydroxyl groups is 3. The van der Waals surface area contributed by atoms with Crippen molar-refractivity contribution in [3.8, 4) is 0 Å². The molecular weight excluding hydrogens is 164 g/mol. The molecule has 0 aromatic rings. The highest BCUT2D eigenvalue weighted by Crippen LogP contribution is 2.17. The fourth-order valence-corrected chi connectivity index (χ4v) is 1.16. The molecule has 1 fully saturated rings. The second-order valence-electron chi connectivity index (χ2n) is 2.86. The summed E-state index contributed by atoms with van der Waals surface area (Å²) in [6, 6.07) is -0.984. The van der Waals surface area contributed by atoms with Gasteiger partial charge < -0.3 is 31.5 Å². The lowest BCUT2D eigenvalue weighted by Crippen LogP contribution is -2.62. The van der Waals surface area contributed by atoms with Gasteiger partial charge in [0.05, 0.1) is 6.04 Å². The fourth-order valence-electron chi connectivity index (χ4n) is 1.16. The third-order valence-corrected chi connectivity index (χ3v) is 2.00. The van der Waals surface area contributed by atoms with Crippen molar-refractivity contribution in [1.29, 1.82) is 0 Å². The first-order valence-electron chi connectivity index (χ1n) is 3.73. The lowest BCUT2D eigenvalue weighted by molar-refractivity contribution is -0.238. The minimum absolute atomic E-state index is 0.0298. The number of hydrogen-bond acceptors (Lipinski definition) is 6. The van der Waals surface area contributed by atoms with Crippen LogP contribution in [0.15, 0.2) is 0 Å². The summed E-state index contributed by atoms with van der Waals surface area (Å²) >= 11 is 0. The van der Waals surface area contributed by atoms with Crippen LogP contribution in [0.1, 0.15) is 0 Å². The van der Waals surface area contributed by atoms with E-state index in [1.165, 1.54) is 0 Å². The standard InChI is InChI=1S/C6H14N2O4/c7-1-2-4(9)5(10)3(8)6(11)12-2/h2-6,9-11H,1,7-8H2/t2-,3-,4-,5-,6+/m0/s1. The molecule has 7 N–H and O–H groups in total. The minimum Gasteiger partial charge on any atom is -0.388 e. The van der Waals surface area contributed by atoms with Crippen molar-refractivity contribution in [1.82, 2.24) is 0 Å². The van der Waals surface area contributed by atoms with Crippen molar-refractivity contribution in [3.05, 3.63) is 0 Å². The number of hydrogen-bond donors (Lipinski definition) is 5. The summed E-state index contributed by atoms with van der Waals surface area (Å²) in [4.78, 5) is 0. The SMILES string of the molecule is NC[C@@H]1O[C@@H](O)[C@@H](N)[C@H](O)[C@H]1O. The summed E-state index contributed by atoms with van der Waals surface area (Å²) < 4.78 is 4.83. The lowest BCUT2D eigenvalue weighted by Gasteiger charge is -2.38. The first-order chi connectivity index (χ1) is 5.57. The molecule has 0 radical (unpaired) electrons. The van der Waals surface area contributed by atoms with E-state index in [1.54, 1.807) is 0 Å². The minimum atomic E-state index is -1.27. The average molecular weight is 178 g/mol. The molecule has 6 heteroatoms. The zero-order chi connectivity index (χ0) is 9.30. The highest BCUT2D eigenvalue weighted by atomic mass is 16.6. The van der Waals surface area contributed by atoms with Crippen LogP contribution in [-0.2, 0) is 4.74 Å². The Morgan fingerprint density at radius 2 is 1.75 bits per heavy atom. The van der Waals surface area contributed by atoms with Gasteiger partial charge in [-0.3, -0.25) is 0 Å². The van der Waals surface area contributed by atoms with Gasteiger partial charge in [-0.2, -0.15) is 0 Å². The Balaban J connectivity index is 2.63. The fraction of sp³-hybridized carbons (Fsp3) is 1.00. The molecule has 0 bridgehead atoms. The number of ether oxygens (including phenoxy) is 1. The molecule has 72 valence electrons. The molecule has 0 aromatic carbocycles. The molecule has 0 spiro atoms.